The minimum atomic E-state index is -0.236. The molecule has 0 aromatic heterocycles. The van der Waals surface area contributed by atoms with Crippen molar-refractivity contribution in [3.63, 3.8) is 0 Å². The van der Waals surface area contributed by atoms with E-state index in [1.807, 2.05) is 48.5 Å². The summed E-state index contributed by atoms with van der Waals surface area (Å²) in [6.45, 7) is 0. The number of nitrogens with two attached hydrogens (primary N) is 2. The van der Waals surface area contributed by atoms with Gasteiger partial charge in [-0.3, -0.25) is 0 Å². The summed E-state index contributed by atoms with van der Waals surface area (Å²) in [5.41, 5.74) is 13.9. The number of aliphatic hydroxyl groups is 1. The van der Waals surface area contributed by atoms with Gasteiger partial charge in [-0.1, -0.05) is 48.5 Å². The quantitative estimate of drug-likeness (QED) is 0.387. The lowest BCUT2D eigenvalue weighted by Crippen LogP contribution is -2.07. The number of para-hydroxylation sites is 1. The Morgan fingerprint density at radius 1 is 1.05 bits per heavy atom. The molecule has 0 spiro atoms. The first kappa shape index (κ1) is 15.0. The van der Waals surface area contributed by atoms with E-state index < -0.39 is 0 Å². The van der Waals surface area contributed by atoms with Gasteiger partial charge in [-0.2, -0.15) is 0 Å². The van der Waals surface area contributed by atoms with Crippen molar-refractivity contribution >= 4 is 28.1 Å². The van der Waals surface area contributed by atoms with Gasteiger partial charge < -0.3 is 22.0 Å². The van der Waals surface area contributed by atoms with Crippen molar-refractivity contribution in [1.29, 1.82) is 5.41 Å². The highest BCUT2D eigenvalue weighted by Crippen LogP contribution is 2.29. The lowest BCUT2D eigenvalue weighted by atomic mass is 10.1. The zero-order valence-electron chi connectivity index (χ0n) is 11.4. The highest BCUT2D eigenvalue weighted by molar-refractivity contribution is 8.08. The first-order chi connectivity index (χ1) is 10.1. The summed E-state index contributed by atoms with van der Waals surface area (Å²) in [7, 11) is 0. The average Bonchev–Trinajstić information content (AvgIpc) is 2.48. The number of nitrogens with one attached hydrogen (secondary N) is 1. The number of hydrogen-bond acceptors (Lipinski definition) is 5. The van der Waals surface area contributed by atoms with Gasteiger partial charge in [0, 0.05) is 17.0 Å². The van der Waals surface area contributed by atoms with Crippen molar-refractivity contribution in [1.82, 2.24) is 0 Å². The number of thioether (sulfide) groups is 1. The van der Waals surface area contributed by atoms with Crippen LogP contribution in [0.4, 0.5) is 5.69 Å². The van der Waals surface area contributed by atoms with E-state index >= 15 is 0 Å². The predicted molar refractivity (Wildman–Crippen MR) is 90.3 cm³/mol. The summed E-state index contributed by atoms with van der Waals surface area (Å²) in [5.74, 6) is 0.139. The van der Waals surface area contributed by atoms with Gasteiger partial charge in [0.15, 0.2) is 5.88 Å². The summed E-state index contributed by atoms with van der Waals surface area (Å²) in [5, 5.41) is 17.8. The Balaban J connectivity index is 2.13. The Kier molecular flexibility index (Phi) is 4.90. The molecule has 21 heavy (non-hydrogen) atoms. The van der Waals surface area contributed by atoms with Crippen LogP contribution in [0.15, 0.2) is 60.5 Å². The molecular formula is C16H17N3OS. The Labute approximate surface area is 128 Å². The number of nitrogen functional groups attached to an aromatic ring is 1. The van der Waals surface area contributed by atoms with Crippen LogP contribution in [0.3, 0.4) is 0 Å². The van der Waals surface area contributed by atoms with Crippen LogP contribution in [0.1, 0.15) is 11.1 Å². The first-order valence-electron chi connectivity index (χ1n) is 6.39. The van der Waals surface area contributed by atoms with Gasteiger partial charge in [-0.25, -0.2) is 0 Å². The van der Waals surface area contributed by atoms with Crippen LogP contribution >= 0.6 is 11.8 Å². The van der Waals surface area contributed by atoms with Gasteiger partial charge in [-0.05, 0) is 11.6 Å². The highest BCUT2D eigenvalue weighted by Gasteiger charge is 2.11. The van der Waals surface area contributed by atoms with Crippen molar-refractivity contribution in [2.75, 3.05) is 11.5 Å². The van der Waals surface area contributed by atoms with Gasteiger partial charge in [0.2, 0.25) is 0 Å². The van der Waals surface area contributed by atoms with Gasteiger partial charge in [0.25, 0.3) is 0 Å². The van der Waals surface area contributed by atoms with Crippen LogP contribution in [0.2, 0.25) is 0 Å². The molecule has 0 heterocycles. The molecule has 0 saturated carbocycles. The fraction of sp³-hybridized carbons (Fsp3) is 0.0625. The SMILES string of the molecule is N=C(CS/C(=C(\N)O)c1ccccc1)c1ccccc1N. The van der Waals surface area contributed by atoms with Crippen molar-refractivity contribution < 1.29 is 5.11 Å². The van der Waals surface area contributed by atoms with Gasteiger partial charge in [0.1, 0.15) is 0 Å². The number of anilines is 1. The van der Waals surface area contributed by atoms with Crippen molar-refractivity contribution in [3.8, 4) is 0 Å². The maximum Gasteiger partial charge on any atom is 0.196 e. The van der Waals surface area contributed by atoms with Crippen LogP contribution in [-0.4, -0.2) is 16.6 Å². The molecule has 0 fully saturated rings. The molecule has 4 nitrogen and oxygen atoms in total. The number of hydrogen-bond donors (Lipinski definition) is 4. The number of aliphatic hydroxyl groups excluding tert-OH is 1. The molecule has 0 amide bonds. The van der Waals surface area contributed by atoms with Crippen LogP contribution in [0, 0.1) is 5.41 Å². The summed E-state index contributed by atoms with van der Waals surface area (Å²) < 4.78 is 0. The fourth-order valence-electron chi connectivity index (χ4n) is 1.89. The van der Waals surface area contributed by atoms with Gasteiger partial charge in [0.05, 0.1) is 10.6 Å². The van der Waals surface area contributed by atoms with E-state index in [2.05, 4.69) is 0 Å². The zero-order valence-corrected chi connectivity index (χ0v) is 12.2. The molecule has 0 aliphatic rings. The fourth-order valence-corrected chi connectivity index (χ4v) is 2.78. The Hall–Kier alpha value is -2.40. The summed E-state index contributed by atoms with van der Waals surface area (Å²) in [6, 6.07) is 16.6. The van der Waals surface area contributed by atoms with Crippen molar-refractivity contribution in [2.45, 2.75) is 0 Å². The number of benzene rings is 2. The van der Waals surface area contributed by atoms with E-state index in [1.165, 1.54) is 11.8 Å². The average molecular weight is 299 g/mol. The molecule has 0 bridgehead atoms. The smallest absolute Gasteiger partial charge is 0.196 e. The van der Waals surface area contributed by atoms with E-state index in [0.29, 0.717) is 27.6 Å². The topological polar surface area (TPSA) is 96.1 Å². The Bertz CT molecular complexity index is 664. The lowest BCUT2D eigenvalue weighted by Gasteiger charge is -2.10. The van der Waals surface area contributed by atoms with E-state index in [9.17, 15) is 5.11 Å². The zero-order chi connectivity index (χ0) is 15.2. The monoisotopic (exact) mass is 299 g/mol. The summed E-state index contributed by atoms with van der Waals surface area (Å²) in [4.78, 5) is 0.565. The minimum absolute atomic E-state index is 0.236. The first-order valence-corrected chi connectivity index (χ1v) is 7.37. The van der Waals surface area contributed by atoms with Crippen molar-refractivity contribution in [2.24, 2.45) is 5.73 Å². The molecule has 2 aromatic carbocycles. The standard InChI is InChI=1S/C16H17N3OS/c17-13-9-5-4-8-12(13)14(18)10-21-15(16(19)20)11-6-2-1-3-7-11/h1-9,18,20H,10,17,19H2/b16-15+,18-14?. The Morgan fingerprint density at radius 3 is 2.29 bits per heavy atom. The van der Waals surface area contributed by atoms with Gasteiger partial charge in [-0.15, -0.1) is 11.8 Å². The molecule has 0 aliphatic carbocycles. The van der Waals surface area contributed by atoms with E-state index in [0.717, 1.165) is 5.56 Å². The predicted octanol–water partition coefficient (Wildman–Crippen LogP) is 3.21. The largest absolute Gasteiger partial charge is 0.494 e. The lowest BCUT2D eigenvalue weighted by molar-refractivity contribution is 0.410. The summed E-state index contributed by atoms with van der Waals surface area (Å²) in [6.07, 6.45) is 0. The molecule has 108 valence electrons. The second-order valence-electron chi connectivity index (χ2n) is 4.43. The van der Waals surface area contributed by atoms with E-state index in [4.69, 9.17) is 16.9 Å². The van der Waals surface area contributed by atoms with Crippen LogP contribution < -0.4 is 11.5 Å². The molecule has 0 unspecified atom stereocenters. The van der Waals surface area contributed by atoms with E-state index in [1.54, 1.807) is 6.07 Å². The molecule has 2 rings (SSSR count). The second kappa shape index (κ2) is 6.85. The summed E-state index contributed by atoms with van der Waals surface area (Å²) >= 11 is 1.32. The van der Waals surface area contributed by atoms with Crippen LogP contribution in [0.5, 0.6) is 0 Å². The molecule has 5 heteroatoms. The molecule has 2 aromatic rings. The molecule has 0 saturated heterocycles. The minimum Gasteiger partial charge on any atom is -0.494 e. The van der Waals surface area contributed by atoms with E-state index in [-0.39, 0.29) is 5.88 Å². The van der Waals surface area contributed by atoms with Gasteiger partial charge >= 0.3 is 0 Å². The second-order valence-corrected chi connectivity index (χ2v) is 5.42. The highest BCUT2D eigenvalue weighted by atomic mass is 32.2. The molecular weight excluding hydrogens is 282 g/mol. The Morgan fingerprint density at radius 2 is 1.67 bits per heavy atom. The third kappa shape index (κ3) is 3.79. The number of rotatable bonds is 5. The van der Waals surface area contributed by atoms with Crippen LogP contribution in [-0.2, 0) is 0 Å². The third-order valence-corrected chi connectivity index (χ3v) is 4.08. The maximum absolute atomic E-state index is 9.65. The van der Waals surface area contributed by atoms with Crippen LogP contribution in [0.25, 0.3) is 4.91 Å². The normalized spacial score (nSPS) is 11.8. The maximum atomic E-state index is 9.65. The molecule has 0 radical (unpaired) electrons. The van der Waals surface area contributed by atoms with Crippen molar-refractivity contribution in [3.05, 3.63) is 71.6 Å². The molecule has 6 N–H and O–H groups in total. The third-order valence-electron chi connectivity index (χ3n) is 2.92. The molecule has 0 atom stereocenters. The molecule has 0 aliphatic heterocycles.